The first-order chi connectivity index (χ1) is 7.43. The number of hydrogen-bond acceptors (Lipinski definition) is 4. The molecule has 1 N–H and O–H groups in total. The van der Waals surface area contributed by atoms with Crippen LogP contribution in [0.5, 0.6) is 0 Å². The number of para-hydroxylation sites is 1. The monoisotopic (exact) mass is 241 g/mol. The van der Waals surface area contributed by atoms with E-state index in [1.54, 1.807) is 32.0 Å². The van der Waals surface area contributed by atoms with Crippen LogP contribution in [0.25, 0.3) is 0 Å². The van der Waals surface area contributed by atoms with E-state index in [-0.39, 0.29) is 15.9 Å². The van der Waals surface area contributed by atoms with Crippen molar-refractivity contribution in [2.24, 2.45) is 0 Å². The molecule has 2 atom stereocenters. The molecule has 5 heteroatoms. The molecule has 0 aliphatic carbocycles. The molecular formula is C11H15NO3S. The van der Waals surface area contributed by atoms with Gasteiger partial charge in [-0.1, -0.05) is 19.1 Å². The minimum absolute atomic E-state index is 0.0690. The molecule has 16 heavy (non-hydrogen) atoms. The Morgan fingerprint density at radius 2 is 2.06 bits per heavy atom. The highest BCUT2D eigenvalue weighted by Crippen LogP contribution is 2.35. The molecule has 1 aromatic rings. The average Bonchev–Trinajstić information content (AvgIpc) is 2.16. The summed E-state index contributed by atoms with van der Waals surface area (Å²) in [7, 11) is 0. The fourth-order valence-electron chi connectivity index (χ4n) is 1.26. The van der Waals surface area contributed by atoms with Crippen LogP contribution in [0.2, 0.25) is 0 Å². The minimum atomic E-state index is -0.495. The Balaban J connectivity index is 3.04. The first-order valence-corrected chi connectivity index (χ1v) is 5.90. The van der Waals surface area contributed by atoms with Crippen molar-refractivity contribution in [1.29, 1.82) is 0 Å². The van der Waals surface area contributed by atoms with Crippen molar-refractivity contribution in [3.05, 3.63) is 33.9 Å². The second-order valence-corrected chi connectivity index (χ2v) is 5.16. The summed E-state index contributed by atoms with van der Waals surface area (Å²) >= 11 is 1.33. The van der Waals surface area contributed by atoms with Crippen molar-refractivity contribution < 1.29 is 10.0 Å². The average molecular weight is 241 g/mol. The standard InChI is InChI=1S/C11H15NO3S/c1-7-5-4-6-10(11(7)12(14)15)16-9(3)8(2)13/h4-6,8-9,13H,1-3H3. The van der Waals surface area contributed by atoms with E-state index in [4.69, 9.17) is 0 Å². The van der Waals surface area contributed by atoms with E-state index in [0.29, 0.717) is 10.5 Å². The number of benzene rings is 1. The Bertz CT molecular complexity index is 393. The lowest BCUT2D eigenvalue weighted by Gasteiger charge is -2.14. The highest BCUT2D eigenvalue weighted by atomic mass is 32.2. The molecule has 1 rings (SSSR count). The Morgan fingerprint density at radius 3 is 2.56 bits per heavy atom. The fraction of sp³-hybridized carbons (Fsp3) is 0.455. The van der Waals surface area contributed by atoms with E-state index < -0.39 is 6.10 Å². The number of rotatable bonds is 4. The van der Waals surface area contributed by atoms with Crippen LogP contribution in [0.4, 0.5) is 5.69 Å². The maximum absolute atomic E-state index is 10.9. The van der Waals surface area contributed by atoms with Crippen LogP contribution in [0, 0.1) is 17.0 Å². The van der Waals surface area contributed by atoms with E-state index >= 15 is 0 Å². The van der Waals surface area contributed by atoms with Crippen LogP contribution in [0.3, 0.4) is 0 Å². The molecule has 2 unspecified atom stereocenters. The number of aryl methyl sites for hydroxylation is 1. The third-order valence-electron chi connectivity index (χ3n) is 2.38. The zero-order chi connectivity index (χ0) is 12.3. The molecule has 0 amide bonds. The zero-order valence-corrected chi connectivity index (χ0v) is 10.3. The molecule has 0 radical (unpaired) electrons. The van der Waals surface area contributed by atoms with Gasteiger partial charge in [0.2, 0.25) is 0 Å². The van der Waals surface area contributed by atoms with E-state index in [2.05, 4.69) is 0 Å². The van der Waals surface area contributed by atoms with E-state index in [9.17, 15) is 15.2 Å². The Hall–Kier alpha value is -1.07. The lowest BCUT2D eigenvalue weighted by Crippen LogP contribution is -2.15. The smallest absolute Gasteiger partial charge is 0.285 e. The summed E-state index contributed by atoms with van der Waals surface area (Å²) in [6, 6.07) is 5.23. The van der Waals surface area contributed by atoms with E-state index in [1.807, 2.05) is 6.92 Å². The quantitative estimate of drug-likeness (QED) is 0.500. The van der Waals surface area contributed by atoms with Crippen LogP contribution < -0.4 is 0 Å². The van der Waals surface area contributed by atoms with Gasteiger partial charge in [-0.2, -0.15) is 0 Å². The normalized spacial score (nSPS) is 14.5. The van der Waals surface area contributed by atoms with Crippen molar-refractivity contribution in [3.63, 3.8) is 0 Å². The van der Waals surface area contributed by atoms with Gasteiger partial charge in [0, 0.05) is 10.8 Å². The molecule has 0 saturated carbocycles. The molecule has 0 heterocycles. The van der Waals surface area contributed by atoms with Crippen molar-refractivity contribution in [2.75, 3.05) is 0 Å². The van der Waals surface area contributed by atoms with Gasteiger partial charge in [0.15, 0.2) is 0 Å². The van der Waals surface area contributed by atoms with Gasteiger partial charge in [-0.25, -0.2) is 0 Å². The molecule has 0 fully saturated rings. The van der Waals surface area contributed by atoms with Gasteiger partial charge >= 0.3 is 0 Å². The summed E-state index contributed by atoms with van der Waals surface area (Å²) in [5, 5.41) is 20.2. The molecule has 0 aliphatic heterocycles. The summed E-state index contributed by atoms with van der Waals surface area (Å²) in [5.41, 5.74) is 0.785. The maximum atomic E-state index is 10.9. The van der Waals surface area contributed by atoms with Crippen LogP contribution in [0.15, 0.2) is 23.1 Å². The predicted octanol–water partition coefficient (Wildman–Crippen LogP) is 2.76. The van der Waals surface area contributed by atoms with E-state index in [1.165, 1.54) is 11.8 Å². The third kappa shape index (κ3) is 2.96. The summed E-state index contributed by atoms with van der Waals surface area (Å²) in [6.07, 6.45) is -0.495. The first kappa shape index (κ1) is 13.0. The highest BCUT2D eigenvalue weighted by Gasteiger charge is 2.20. The highest BCUT2D eigenvalue weighted by molar-refractivity contribution is 8.00. The second kappa shape index (κ2) is 5.32. The van der Waals surface area contributed by atoms with Gasteiger partial charge in [-0.15, -0.1) is 11.8 Å². The third-order valence-corrected chi connectivity index (χ3v) is 3.72. The number of hydrogen-bond donors (Lipinski definition) is 1. The van der Waals surface area contributed by atoms with Crippen molar-refractivity contribution in [3.8, 4) is 0 Å². The summed E-state index contributed by atoms with van der Waals surface area (Å²) < 4.78 is 0. The van der Waals surface area contributed by atoms with Gasteiger partial charge in [0.1, 0.15) is 0 Å². The maximum Gasteiger partial charge on any atom is 0.285 e. The summed E-state index contributed by atoms with van der Waals surface area (Å²) in [5.74, 6) is 0. The molecule has 4 nitrogen and oxygen atoms in total. The van der Waals surface area contributed by atoms with Crippen LogP contribution in [-0.4, -0.2) is 21.4 Å². The summed E-state index contributed by atoms with van der Waals surface area (Å²) in [6.45, 7) is 5.25. The van der Waals surface area contributed by atoms with E-state index in [0.717, 1.165) is 0 Å². The number of aliphatic hydroxyl groups is 1. The Labute approximate surface area is 98.8 Å². The van der Waals surface area contributed by atoms with Crippen molar-refractivity contribution in [1.82, 2.24) is 0 Å². The zero-order valence-electron chi connectivity index (χ0n) is 9.51. The van der Waals surface area contributed by atoms with Crippen molar-refractivity contribution >= 4 is 17.4 Å². The lowest BCUT2D eigenvalue weighted by atomic mass is 10.2. The second-order valence-electron chi connectivity index (χ2n) is 3.74. The number of nitro groups is 1. The SMILES string of the molecule is Cc1cccc(SC(C)C(C)O)c1[N+](=O)[O-]. The molecule has 0 aliphatic rings. The molecule has 0 bridgehead atoms. The van der Waals surface area contributed by atoms with Gasteiger partial charge in [-0.3, -0.25) is 10.1 Å². The number of aliphatic hydroxyl groups excluding tert-OH is 1. The van der Waals surface area contributed by atoms with Gasteiger partial charge in [0.25, 0.3) is 5.69 Å². The molecule has 0 aromatic heterocycles. The topological polar surface area (TPSA) is 63.4 Å². The van der Waals surface area contributed by atoms with Gasteiger partial charge in [-0.05, 0) is 19.9 Å². The minimum Gasteiger partial charge on any atom is -0.392 e. The molecule has 88 valence electrons. The number of nitrogens with zero attached hydrogens (tertiary/aromatic N) is 1. The summed E-state index contributed by atoms with van der Waals surface area (Å²) in [4.78, 5) is 11.2. The lowest BCUT2D eigenvalue weighted by molar-refractivity contribution is -0.388. The Morgan fingerprint density at radius 1 is 1.44 bits per heavy atom. The predicted molar refractivity (Wildman–Crippen MR) is 64.8 cm³/mol. The van der Waals surface area contributed by atoms with Gasteiger partial charge in [0.05, 0.1) is 15.9 Å². The van der Waals surface area contributed by atoms with Crippen LogP contribution in [0.1, 0.15) is 19.4 Å². The molecular weight excluding hydrogens is 226 g/mol. The van der Waals surface area contributed by atoms with Crippen LogP contribution in [-0.2, 0) is 0 Å². The molecule has 1 aromatic carbocycles. The fourth-order valence-corrected chi connectivity index (χ4v) is 2.36. The van der Waals surface area contributed by atoms with Gasteiger partial charge < -0.3 is 5.11 Å². The molecule has 0 spiro atoms. The number of nitro benzene ring substituents is 1. The number of thioether (sulfide) groups is 1. The first-order valence-electron chi connectivity index (χ1n) is 5.02. The molecule has 0 saturated heterocycles. The Kier molecular flexibility index (Phi) is 4.32. The largest absolute Gasteiger partial charge is 0.392 e. The van der Waals surface area contributed by atoms with Crippen molar-refractivity contribution in [2.45, 2.75) is 37.0 Å². The van der Waals surface area contributed by atoms with Crippen LogP contribution >= 0.6 is 11.8 Å².